The summed E-state index contributed by atoms with van der Waals surface area (Å²) in [6.45, 7) is 9.59. The summed E-state index contributed by atoms with van der Waals surface area (Å²) < 4.78 is 5.02. The minimum absolute atomic E-state index is 0.420. The summed E-state index contributed by atoms with van der Waals surface area (Å²) in [4.78, 5) is 9.00. The smallest absolute Gasteiger partial charge is 0.134 e. The van der Waals surface area contributed by atoms with Crippen LogP contribution in [0.25, 0.3) is 0 Å². The van der Waals surface area contributed by atoms with E-state index < -0.39 is 5.60 Å². The molecule has 0 amide bonds. The van der Waals surface area contributed by atoms with Crippen LogP contribution in [0.5, 0.6) is 0 Å². The van der Waals surface area contributed by atoms with Crippen LogP contribution < -0.4 is 10.6 Å². The zero-order chi connectivity index (χ0) is 15.9. The van der Waals surface area contributed by atoms with Gasteiger partial charge >= 0.3 is 0 Å². The molecule has 1 unspecified atom stereocenters. The van der Waals surface area contributed by atoms with E-state index in [0.29, 0.717) is 19.6 Å². The largest absolute Gasteiger partial charge is 0.388 e. The highest BCUT2D eigenvalue weighted by molar-refractivity contribution is 5.57. The molecule has 1 atom stereocenters. The van der Waals surface area contributed by atoms with Gasteiger partial charge in [-0.3, -0.25) is 0 Å². The Morgan fingerprint density at radius 1 is 1.19 bits per heavy atom. The molecule has 0 saturated heterocycles. The summed E-state index contributed by atoms with van der Waals surface area (Å²) in [5, 5.41) is 16.8. The third kappa shape index (κ3) is 5.47. The van der Waals surface area contributed by atoms with Gasteiger partial charge in [0.2, 0.25) is 0 Å². The van der Waals surface area contributed by atoms with Gasteiger partial charge < -0.3 is 20.5 Å². The standard InChI is InChI=1S/C15H28N4O2/c1-6-12-18-13(16-7-2)11(3)14(19-12)17-10-15(4,20)8-9-21-5/h20H,6-10H2,1-5H3,(H2,16,17,18,19). The SMILES string of the molecule is CCNc1nc(CC)nc(NCC(C)(O)CCOC)c1C. The summed E-state index contributed by atoms with van der Waals surface area (Å²) in [7, 11) is 1.63. The van der Waals surface area contributed by atoms with Crippen molar-refractivity contribution in [1.29, 1.82) is 0 Å². The van der Waals surface area contributed by atoms with Crippen molar-refractivity contribution in [2.45, 2.75) is 46.1 Å². The van der Waals surface area contributed by atoms with Crippen molar-refractivity contribution in [2.24, 2.45) is 0 Å². The van der Waals surface area contributed by atoms with Crippen molar-refractivity contribution < 1.29 is 9.84 Å². The summed E-state index contributed by atoms with van der Waals surface area (Å²) >= 11 is 0. The van der Waals surface area contributed by atoms with Crippen LogP contribution in [-0.4, -0.2) is 47.5 Å². The first-order valence-corrected chi connectivity index (χ1v) is 7.50. The molecule has 0 bridgehead atoms. The summed E-state index contributed by atoms with van der Waals surface area (Å²) in [5.74, 6) is 2.41. The number of methoxy groups -OCH3 is 1. The van der Waals surface area contributed by atoms with E-state index in [1.54, 1.807) is 14.0 Å². The molecule has 0 aromatic carbocycles. The average Bonchev–Trinajstić information content (AvgIpc) is 2.46. The molecule has 0 aliphatic rings. The van der Waals surface area contributed by atoms with Crippen LogP contribution in [0.3, 0.4) is 0 Å². The molecule has 0 radical (unpaired) electrons. The van der Waals surface area contributed by atoms with E-state index in [1.165, 1.54) is 0 Å². The fraction of sp³-hybridized carbons (Fsp3) is 0.733. The van der Waals surface area contributed by atoms with E-state index in [0.717, 1.165) is 36.0 Å². The molecule has 6 heteroatoms. The molecular formula is C15H28N4O2. The molecular weight excluding hydrogens is 268 g/mol. The van der Waals surface area contributed by atoms with Gasteiger partial charge in [-0.05, 0) is 20.8 Å². The Labute approximate surface area is 127 Å². The van der Waals surface area contributed by atoms with Crippen LogP contribution in [-0.2, 0) is 11.2 Å². The lowest BCUT2D eigenvalue weighted by molar-refractivity contribution is 0.0357. The minimum atomic E-state index is -0.835. The highest BCUT2D eigenvalue weighted by atomic mass is 16.5. The Morgan fingerprint density at radius 2 is 1.81 bits per heavy atom. The van der Waals surface area contributed by atoms with Crippen molar-refractivity contribution in [3.63, 3.8) is 0 Å². The van der Waals surface area contributed by atoms with Crippen LogP contribution in [0.1, 0.15) is 38.6 Å². The molecule has 120 valence electrons. The number of aryl methyl sites for hydroxylation is 1. The number of nitrogens with zero attached hydrogens (tertiary/aromatic N) is 2. The lowest BCUT2D eigenvalue weighted by Crippen LogP contribution is -2.35. The fourth-order valence-electron chi connectivity index (χ4n) is 1.92. The maximum atomic E-state index is 10.3. The normalized spacial score (nSPS) is 13.8. The Morgan fingerprint density at radius 3 is 2.33 bits per heavy atom. The van der Waals surface area contributed by atoms with Crippen LogP contribution in [0.4, 0.5) is 11.6 Å². The highest BCUT2D eigenvalue weighted by Gasteiger charge is 2.21. The molecule has 0 spiro atoms. The summed E-state index contributed by atoms with van der Waals surface area (Å²) in [6, 6.07) is 0. The Hall–Kier alpha value is -1.40. The molecule has 0 fully saturated rings. The third-order valence-electron chi connectivity index (χ3n) is 3.33. The molecule has 3 N–H and O–H groups in total. The monoisotopic (exact) mass is 296 g/mol. The highest BCUT2D eigenvalue weighted by Crippen LogP contribution is 2.21. The van der Waals surface area contributed by atoms with Gasteiger partial charge in [-0.1, -0.05) is 6.92 Å². The van der Waals surface area contributed by atoms with Gasteiger partial charge in [-0.25, -0.2) is 9.97 Å². The molecule has 1 aromatic rings. The van der Waals surface area contributed by atoms with Gasteiger partial charge in [0, 0.05) is 45.2 Å². The van der Waals surface area contributed by atoms with Crippen molar-refractivity contribution in [3.05, 3.63) is 11.4 Å². The van der Waals surface area contributed by atoms with E-state index in [1.807, 2.05) is 20.8 Å². The molecule has 21 heavy (non-hydrogen) atoms. The number of nitrogens with one attached hydrogen (secondary N) is 2. The van der Waals surface area contributed by atoms with E-state index in [2.05, 4.69) is 20.6 Å². The number of hydrogen-bond acceptors (Lipinski definition) is 6. The number of ether oxygens (including phenoxy) is 1. The van der Waals surface area contributed by atoms with Crippen LogP contribution in [0, 0.1) is 6.92 Å². The van der Waals surface area contributed by atoms with Crippen molar-refractivity contribution in [3.8, 4) is 0 Å². The minimum Gasteiger partial charge on any atom is -0.388 e. The number of rotatable bonds is 9. The quantitative estimate of drug-likeness (QED) is 0.646. The molecule has 1 aromatic heterocycles. The second-order valence-corrected chi connectivity index (χ2v) is 5.44. The van der Waals surface area contributed by atoms with Crippen molar-refractivity contribution >= 4 is 11.6 Å². The van der Waals surface area contributed by atoms with Gasteiger partial charge in [0.25, 0.3) is 0 Å². The summed E-state index contributed by atoms with van der Waals surface area (Å²) in [5.41, 5.74) is 0.134. The first-order chi connectivity index (χ1) is 9.93. The van der Waals surface area contributed by atoms with Crippen molar-refractivity contribution in [2.75, 3.05) is 37.4 Å². The van der Waals surface area contributed by atoms with Gasteiger partial charge in [-0.2, -0.15) is 0 Å². The van der Waals surface area contributed by atoms with Gasteiger partial charge in [-0.15, -0.1) is 0 Å². The average molecular weight is 296 g/mol. The number of anilines is 2. The molecule has 0 aliphatic heterocycles. The lowest BCUT2D eigenvalue weighted by Gasteiger charge is -2.24. The molecule has 6 nitrogen and oxygen atoms in total. The molecule has 0 saturated carbocycles. The zero-order valence-electron chi connectivity index (χ0n) is 13.8. The predicted octanol–water partition coefficient (Wildman–Crippen LogP) is 1.98. The second-order valence-electron chi connectivity index (χ2n) is 5.44. The fourth-order valence-corrected chi connectivity index (χ4v) is 1.92. The van der Waals surface area contributed by atoms with Gasteiger partial charge in [0.15, 0.2) is 0 Å². The van der Waals surface area contributed by atoms with E-state index >= 15 is 0 Å². The topological polar surface area (TPSA) is 79.3 Å². The van der Waals surface area contributed by atoms with Crippen LogP contribution in [0.2, 0.25) is 0 Å². The lowest BCUT2D eigenvalue weighted by atomic mass is 10.0. The first-order valence-electron chi connectivity index (χ1n) is 7.50. The first kappa shape index (κ1) is 17.7. The number of hydrogen-bond donors (Lipinski definition) is 3. The van der Waals surface area contributed by atoms with Gasteiger partial charge in [0.05, 0.1) is 5.60 Å². The van der Waals surface area contributed by atoms with E-state index in [-0.39, 0.29) is 0 Å². The third-order valence-corrected chi connectivity index (χ3v) is 3.33. The number of aliphatic hydroxyl groups is 1. The van der Waals surface area contributed by atoms with E-state index in [4.69, 9.17) is 4.74 Å². The number of aromatic nitrogens is 2. The second kappa shape index (κ2) is 8.14. The van der Waals surface area contributed by atoms with E-state index in [9.17, 15) is 5.11 Å². The Kier molecular flexibility index (Phi) is 6.84. The van der Waals surface area contributed by atoms with Crippen molar-refractivity contribution in [1.82, 2.24) is 9.97 Å². The summed E-state index contributed by atoms with van der Waals surface area (Å²) in [6.07, 6.45) is 1.34. The Balaban J connectivity index is 2.84. The van der Waals surface area contributed by atoms with Crippen LogP contribution in [0.15, 0.2) is 0 Å². The zero-order valence-corrected chi connectivity index (χ0v) is 13.8. The molecule has 1 rings (SSSR count). The molecule has 1 heterocycles. The maximum absolute atomic E-state index is 10.3. The predicted molar refractivity (Wildman–Crippen MR) is 85.9 cm³/mol. The maximum Gasteiger partial charge on any atom is 0.134 e. The van der Waals surface area contributed by atoms with Gasteiger partial charge in [0.1, 0.15) is 17.5 Å². The van der Waals surface area contributed by atoms with Crippen LogP contribution >= 0.6 is 0 Å². The molecule has 0 aliphatic carbocycles. The Bertz CT molecular complexity index is 450.